The lowest BCUT2D eigenvalue weighted by Crippen LogP contribution is -2.38. The number of hydrogen-bond donors (Lipinski definition) is 2. The average Bonchev–Trinajstić information content (AvgIpc) is 3.49. The zero-order chi connectivity index (χ0) is 25.8. The summed E-state index contributed by atoms with van der Waals surface area (Å²) in [5, 5.41) is 5.32. The number of rotatable bonds is 7. The fourth-order valence-corrected chi connectivity index (χ4v) is 4.27. The van der Waals surface area contributed by atoms with Crippen molar-refractivity contribution in [3.8, 4) is 11.4 Å². The van der Waals surface area contributed by atoms with Gasteiger partial charge in [0.25, 0.3) is 5.91 Å². The van der Waals surface area contributed by atoms with E-state index in [1.165, 1.54) is 0 Å². The first kappa shape index (κ1) is 24.1. The lowest BCUT2D eigenvalue weighted by Gasteiger charge is -2.28. The number of carbonyl (C=O) groups is 3. The second-order valence-corrected chi connectivity index (χ2v) is 8.58. The summed E-state index contributed by atoms with van der Waals surface area (Å²) in [5.74, 6) is -0.299. The van der Waals surface area contributed by atoms with Gasteiger partial charge >= 0.3 is 6.03 Å². The van der Waals surface area contributed by atoms with Crippen LogP contribution in [0.15, 0.2) is 72.6 Å². The van der Waals surface area contributed by atoms with Crippen LogP contribution in [0, 0.1) is 0 Å². The van der Waals surface area contributed by atoms with Gasteiger partial charge < -0.3 is 29.6 Å². The highest BCUT2D eigenvalue weighted by molar-refractivity contribution is 6.15. The molecule has 190 valence electrons. The Balaban J connectivity index is 1.23. The first-order chi connectivity index (χ1) is 18.0. The molecule has 5 rings (SSSR count). The molecule has 2 saturated heterocycles. The van der Waals surface area contributed by atoms with Gasteiger partial charge in [-0.05, 0) is 66.7 Å². The first-order valence-corrected chi connectivity index (χ1v) is 11.9. The van der Waals surface area contributed by atoms with Crippen molar-refractivity contribution < 1.29 is 23.9 Å². The van der Waals surface area contributed by atoms with Crippen molar-refractivity contribution in [1.29, 1.82) is 0 Å². The number of ether oxygens (including phenoxy) is 2. The summed E-state index contributed by atoms with van der Waals surface area (Å²) in [7, 11) is 1.60. The van der Waals surface area contributed by atoms with Crippen molar-refractivity contribution in [3.63, 3.8) is 0 Å². The molecule has 2 fully saturated rings. The van der Waals surface area contributed by atoms with Crippen molar-refractivity contribution in [1.82, 2.24) is 14.8 Å². The Labute approximate surface area is 214 Å². The number of nitrogens with one attached hydrogen (secondary N) is 2. The molecule has 10 nitrogen and oxygen atoms in total. The number of imide groups is 1. The van der Waals surface area contributed by atoms with Crippen LogP contribution < -0.4 is 20.3 Å². The molecule has 37 heavy (non-hydrogen) atoms. The number of amides is 4. The van der Waals surface area contributed by atoms with Gasteiger partial charge in [0.1, 0.15) is 18.0 Å². The zero-order valence-electron chi connectivity index (χ0n) is 20.3. The fraction of sp³-hybridized carbons (Fsp3) is 0.222. The molecule has 1 aromatic heterocycles. The second-order valence-electron chi connectivity index (χ2n) is 8.58. The van der Waals surface area contributed by atoms with Crippen LogP contribution in [-0.4, -0.2) is 67.3 Å². The maximum Gasteiger partial charge on any atom is 0.329 e. The van der Waals surface area contributed by atoms with E-state index in [0.717, 1.165) is 35.1 Å². The number of carbonyl (C=O) groups excluding carboxylic acids is 3. The number of aromatic nitrogens is 1. The smallest absolute Gasteiger partial charge is 0.329 e. The van der Waals surface area contributed by atoms with Crippen molar-refractivity contribution in [2.45, 2.75) is 0 Å². The van der Waals surface area contributed by atoms with E-state index < -0.39 is 24.4 Å². The molecular weight excluding hydrogens is 474 g/mol. The number of urea groups is 1. The molecule has 0 spiro atoms. The highest BCUT2D eigenvalue weighted by Crippen LogP contribution is 2.21. The highest BCUT2D eigenvalue weighted by Gasteiger charge is 2.35. The largest absolute Gasteiger partial charge is 0.497 e. The van der Waals surface area contributed by atoms with Crippen molar-refractivity contribution in [2.75, 3.05) is 50.2 Å². The van der Waals surface area contributed by atoms with Crippen molar-refractivity contribution >= 4 is 35.3 Å². The number of methoxy groups -OCH3 is 1. The molecule has 0 radical (unpaired) electrons. The molecule has 0 saturated carbocycles. The lowest BCUT2D eigenvalue weighted by atomic mass is 10.2. The third-order valence-corrected chi connectivity index (χ3v) is 6.21. The Hall–Kier alpha value is -4.57. The minimum atomic E-state index is -0.642. The highest BCUT2D eigenvalue weighted by atomic mass is 16.5. The van der Waals surface area contributed by atoms with Gasteiger partial charge in [-0.1, -0.05) is 0 Å². The van der Waals surface area contributed by atoms with Crippen LogP contribution in [0.2, 0.25) is 0 Å². The summed E-state index contributed by atoms with van der Waals surface area (Å²) in [6, 6.07) is 17.9. The Morgan fingerprint density at radius 3 is 2.43 bits per heavy atom. The van der Waals surface area contributed by atoms with Gasteiger partial charge in [-0.15, -0.1) is 0 Å². The van der Waals surface area contributed by atoms with Crippen LogP contribution in [-0.2, 0) is 14.3 Å². The molecule has 0 bridgehead atoms. The molecule has 2 aromatic carbocycles. The number of nitrogens with zero attached hydrogens (tertiary/aromatic N) is 3. The zero-order valence-corrected chi connectivity index (χ0v) is 20.3. The maximum absolute atomic E-state index is 12.9. The minimum Gasteiger partial charge on any atom is -0.497 e. The monoisotopic (exact) mass is 501 g/mol. The summed E-state index contributed by atoms with van der Waals surface area (Å²) in [6.07, 6.45) is 3.44. The Morgan fingerprint density at radius 1 is 1.03 bits per heavy atom. The molecule has 2 aliphatic heterocycles. The molecule has 2 N–H and O–H groups in total. The molecule has 0 unspecified atom stereocenters. The second kappa shape index (κ2) is 10.6. The fourth-order valence-electron chi connectivity index (χ4n) is 4.27. The van der Waals surface area contributed by atoms with Crippen LogP contribution in [0.1, 0.15) is 5.69 Å². The normalized spacial score (nSPS) is 16.7. The van der Waals surface area contributed by atoms with Crippen LogP contribution in [0.3, 0.4) is 0 Å². The summed E-state index contributed by atoms with van der Waals surface area (Å²) >= 11 is 0. The van der Waals surface area contributed by atoms with Gasteiger partial charge in [0, 0.05) is 42.0 Å². The van der Waals surface area contributed by atoms with E-state index in [9.17, 15) is 14.4 Å². The third-order valence-electron chi connectivity index (χ3n) is 6.21. The topological polar surface area (TPSA) is 105 Å². The van der Waals surface area contributed by atoms with Gasteiger partial charge in [-0.2, -0.15) is 0 Å². The van der Waals surface area contributed by atoms with E-state index in [-0.39, 0.29) is 5.70 Å². The first-order valence-electron chi connectivity index (χ1n) is 11.9. The third kappa shape index (κ3) is 5.34. The number of hydrogen-bond acceptors (Lipinski definition) is 6. The van der Waals surface area contributed by atoms with E-state index in [4.69, 9.17) is 9.47 Å². The SMILES string of the molecule is COc1ccc(-n2cccc2/C=C2\NC(=O)N(CC(=O)Nc3ccc(N4CCOCC4)cc3)C2=O)cc1. The Bertz CT molecular complexity index is 1320. The number of anilines is 2. The predicted molar refractivity (Wildman–Crippen MR) is 139 cm³/mol. The van der Waals surface area contributed by atoms with Crippen LogP contribution >= 0.6 is 0 Å². The summed E-state index contributed by atoms with van der Waals surface area (Å²) in [6.45, 7) is 2.62. The average molecular weight is 502 g/mol. The standard InChI is InChI=1S/C27H27N5O5/c1-36-23-10-8-21(9-11-23)31-12-2-3-22(31)17-24-26(34)32(27(35)29-24)18-25(33)28-19-4-6-20(7-5-19)30-13-15-37-16-14-30/h2-12,17H,13-16,18H2,1H3,(H,28,33)(H,29,35)/b24-17-. The molecule has 4 amide bonds. The maximum atomic E-state index is 12.9. The van der Waals surface area contributed by atoms with Gasteiger partial charge in [-0.25, -0.2) is 9.69 Å². The van der Waals surface area contributed by atoms with E-state index in [2.05, 4.69) is 15.5 Å². The van der Waals surface area contributed by atoms with Gasteiger partial charge in [0.15, 0.2) is 0 Å². The van der Waals surface area contributed by atoms with Gasteiger partial charge in [0.05, 0.1) is 20.3 Å². The molecule has 3 aromatic rings. The molecule has 0 atom stereocenters. The number of benzene rings is 2. The van der Waals surface area contributed by atoms with E-state index in [1.54, 1.807) is 25.3 Å². The van der Waals surface area contributed by atoms with E-state index in [1.807, 2.05) is 59.3 Å². The lowest BCUT2D eigenvalue weighted by molar-refractivity contribution is -0.127. The molecule has 2 aliphatic rings. The van der Waals surface area contributed by atoms with Crippen LogP contribution in [0.25, 0.3) is 11.8 Å². The Morgan fingerprint density at radius 2 is 1.73 bits per heavy atom. The van der Waals surface area contributed by atoms with E-state index >= 15 is 0 Å². The summed E-state index contributed by atoms with van der Waals surface area (Å²) in [5.41, 5.74) is 3.29. The van der Waals surface area contributed by atoms with E-state index in [0.29, 0.717) is 24.6 Å². The predicted octanol–water partition coefficient (Wildman–Crippen LogP) is 2.85. The van der Waals surface area contributed by atoms with Gasteiger partial charge in [-0.3, -0.25) is 9.59 Å². The quantitative estimate of drug-likeness (QED) is 0.381. The van der Waals surface area contributed by atoms with Crippen molar-refractivity contribution in [3.05, 3.63) is 78.3 Å². The van der Waals surface area contributed by atoms with Crippen LogP contribution in [0.5, 0.6) is 5.75 Å². The van der Waals surface area contributed by atoms with Crippen molar-refractivity contribution in [2.24, 2.45) is 0 Å². The summed E-state index contributed by atoms with van der Waals surface area (Å²) < 4.78 is 12.5. The molecule has 10 heteroatoms. The molecule has 3 heterocycles. The summed E-state index contributed by atoms with van der Waals surface area (Å²) in [4.78, 5) is 41.1. The van der Waals surface area contributed by atoms with Crippen LogP contribution in [0.4, 0.5) is 16.2 Å². The molecular formula is C27H27N5O5. The minimum absolute atomic E-state index is 0.0983. The number of morpholine rings is 1. The Kier molecular flexibility index (Phi) is 6.91. The van der Waals surface area contributed by atoms with Gasteiger partial charge in [0.2, 0.25) is 5.91 Å². The molecule has 0 aliphatic carbocycles.